The van der Waals surface area contributed by atoms with Crippen LogP contribution < -0.4 is 5.73 Å². The van der Waals surface area contributed by atoms with Crippen molar-refractivity contribution in [3.8, 4) is 0 Å². The summed E-state index contributed by atoms with van der Waals surface area (Å²) in [5, 5.41) is 0. The summed E-state index contributed by atoms with van der Waals surface area (Å²) in [6, 6.07) is 0. The molecule has 0 heterocycles. The Balaban J connectivity index is 2.83. The minimum atomic E-state index is -4.16. The summed E-state index contributed by atoms with van der Waals surface area (Å²) in [7, 11) is 0. The quantitative estimate of drug-likeness (QED) is 0.625. The summed E-state index contributed by atoms with van der Waals surface area (Å²) in [4.78, 5) is 0. The van der Waals surface area contributed by atoms with E-state index in [1.54, 1.807) is 13.0 Å². The van der Waals surface area contributed by atoms with Gasteiger partial charge in [-0.3, -0.25) is 0 Å². The molecule has 2 N–H and O–H groups in total. The van der Waals surface area contributed by atoms with Crippen LogP contribution >= 0.6 is 0 Å². The van der Waals surface area contributed by atoms with Gasteiger partial charge in [0.15, 0.2) is 0 Å². The molecule has 0 fully saturated rings. The first kappa shape index (κ1) is 10.2. The van der Waals surface area contributed by atoms with Gasteiger partial charge in [0.1, 0.15) is 0 Å². The number of hydrogen-bond acceptors (Lipinski definition) is 1. The van der Waals surface area contributed by atoms with E-state index in [1.165, 1.54) is 6.08 Å². The number of alkyl halides is 3. The van der Waals surface area contributed by atoms with E-state index >= 15 is 0 Å². The predicted octanol–water partition coefficient (Wildman–Crippen LogP) is 2.60. The van der Waals surface area contributed by atoms with E-state index in [0.29, 0.717) is 12.1 Å². The highest BCUT2D eigenvalue weighted by molar-refractivity contribution is 5.19. The summed E-state index contributed by atoms with van der Waals surface area (Å²) < 4.78 is 37.2. The maximum Gasteiger partial charge on any atom is 0.395 e. The maximum absolute atomic E-state index is 12.4. The van der Waals surface area contributed by atoms with Crippen molar-refractivity contribution < 1.29 is 13.2 Å². The minimum Gasteiger partial charge on any atom is -0.399 e. The molecule has 0 aromatic heterocycles. The standard InChI is InChI=1S/C9H12F3N/c1-6-2-3-7(13)4-5-8(6)9(10,11)12/h3-6,8H,2,13H2,1H3. The van der Waals surface area contributed by atoms with Crippen LogP contribution in [0.5, 0.6) is 0 Å². The summed E-state index contributed by atoms with van der Waals surface area (Å²) in [5.41, 5.74) is 5.82. The third kappa shape index (κ3) is 2.50. The van der Waals surface area contributed by atoms with Gasteiger partial charge in [-0.15, -0.1) is 0 Å². The van der Waals surface area contributed by atoms with Gasteiger partial charge >= 0.3 is 6.18 Å². The lowest BCUT2D eigenvalue weighted by molar-refractivity contribution is -0.172. The number of rotatable bonds is 0. The highest BCUT2D eigenvalue weighted by Crippen LogP contribution is 2.36. The number of nitrogens with two attached hydrogens (primary N) is 1. The Morgan fingerprint density at radius 2 is 2.08 bits per heavy atom. The van der Waals surface area contributed by atoms with Crippen molar-refractivity contribution in [1.82, 2.24) is 0 Å². The Morgan fingerprint density at radius 1 is 1.46 bits per heavy atom. The van der Waals surface area contributed by atoms with Crippen LogP contribution in [0.4, 0.5) is 13.2 Å². The Bertz CT molecular complexity index is 240. The summed E-state index contributed by atoms with van der Waals surface area (Å²) in [6.45, 7) is 1.58. The molecule has 0 saturated heterocycles. The molecule has 1 aliphatic rings. The second-order valence-electron chi connectivity index (χ2n) is 3.34. The van der Waals surface area contributed by atoms with E-state index in [9.17, 15) is 13.2 Å². The van der Waals surface area contributed by atoms with Crippen LogP contribution in [0.2, 0.25) is 0 Å². The van der Waals surface area contributed by atoms with Gasteiger partial charge in [0.25, 0.3) is 0 Å². The van der Waals surface area contributed by atoms with E-state index in [2.05, 4.69) is 0 Å². The lowest BCUT2D eigenvalue weighted by Gasteiger charge is -2.21. The van der Waals surface area contributed by atoms with Crippen molar-refractivity contribution in [1.29, 1.82) is 0 Å². The summed E-state index contributed by atoms with van der Waals surface area (Å²) in [6.07, 6.45) is 0.329. The first-order chi connectivity index (χ1) is 5.91. The normalized spacial score (nSPS) is 29.7. The molecule has 2 atom stereocenters. The Labute approximate surface area is 75.1 Å². The van der Waals surface area contributed by atoms with Crippen molar-refractivity contribution in [2.45, 2.75) is 19.5 Å². The largest absolute Gasteiger partial charge is 0.399 e. The van der Waals surface area contributed by atoms with Crippen LogP contribution in [0, 0.1) is 11.8 Å². The van der Waals surface area contributed by atoms with Crippen molar-refractivity contribution in [3.63, 3.8) is 0 Å². The molecule has 1 nitrogen and oxygen atoms in total. The van der Waals surface area contributed by atoms with Gasteiger partial charge in [-0.25, -0.2) is 0 Å². The van der Waals surface area contributed by atoms with Gasteiger partial charge in [0.05, 0.1) is 5.92 Å². The molecule has 1 aliphatic carbocycles. The highest BCUT2D eigenvalue weighted by Gasteiger charge is 2.41. The van der Waals surface area contributed by atoms with Crippen molar-refractivity contribution in [2.24, 2.45) is 17.6 Å². The zero-order valence-corrected chi connectivity index (χ0v) is 7.31. The maximum atomic E-state index is 12.4. The molecule has 0 aromatic carbocycles. The number of hydrogen-bond donors (Lipinski definition) is 1. The molecule has 0 bridgehead atoms. The molecular weight excluding hydrogens is 179 g/mol. The van der Waals surface area contributed by atoms with E-state index < -0.39 is 18.0 Å². The zero-order valence-electron chi connectivity index (χ0n) is 7.31. The Kier molecular flexibility index (Phi) is 2.68. The fourth-order valence-electron chi connectivity index (χ4n) is 1.37. The van der Waals surface area contributed by atoms with Gasteiger partial charge in [-0.2, -0.15) is 13.2 Å². The number of halogens is 3. The van der Waals surface area contributed by atoms with Crippen LogP contribution in [-0.4, -0.2) is 6.18 Å². The van der Waals surface area contributed by atoms with Crippen molar-refractivity contribution in [2.75, 3.05) is 0 Å². The molecule has 0 radical (unpaired) electrons. The minimum absolute atomic E-state index is 0.378. The molecule has 0 amide bonds. The lowest BCUT2D eigenvalue weighted by Crippen LogP contribution is -2.26. The average molecular weight is 191 g/mol. The molecule has 13 heavy (non-hydrogen) atoms. The van der Waals surface area contributed by atoms with Crippen LogP contribution in [0.25, 0.3) is 0 Å². The highest BCUT2D eigenvalue weighted by atomic mass is 19.4. The van der Waals surface area contributed by atoms with Crippen molar-refractivity contribution >= 4 is 0 Å². The second kappa shape index (κ2) is 3.44. The first-order valence-electron chi connectivity index (χ1n) is 4.12. The monoisotopic (exact) mass is 191 g/mol. The summed E-state index contributed by atoms with van der Waals surface area (Å²) in [5.74, 6) is -1.80. The van der Waals surface area contributed by atoms with E-state index in [4.69, 9.17) is 5.73 Å². The van der Waals surface area contributed by atoms with Crippen LogP contribution in [0.3, 0.4) is 0 Å². The van der Waals surface area contributed by atoms with Crippen LogP contribution in [-0.2, 0) is 0 Å². The topological polar surface area (TPSA) is 26.0 Å². The zero-order chi connectivity index (χ0) is 10.1. The molecule has 0 aromatic rings. The molecule has 1 rings (SSSR count). The third-order valence-corrected chi connectivity index (χ3v) is 2.21. The first-order valence-corrected chi connectivity index (χ1v) is 4.12. The number of allylic oxidation sites excluding steroid dienone is 3. The second-order valence-corrected chi connectivity index (χ2v) is 3.34. The molecule has 0 saturated carbocycles. The smallest absolute Gasteiger partial charge is 0.395 e. The Hall–Kier alpha value is -0.930. The molecule has 0 spiro atoms. The predicted molar refractivity (Wildman–Crippen MR) is 44.7 cm³/mol. The molecule has 0 aliphatic heterocycles. The fraction of sp³-hybridized carbons (Fsp3) is 0.556. The fourth-order valence-corrected chi connectivity index (χ4v) is 1.37. The third-order valence-electron chi connectivity index (χ3n) is 2.21. The van der Waals surface area contributed by atoms with Crippen LogP contribution in [0.1, 0.15) is 13.3 Å². The van der Waals surface area contributed by atoms with Gasteiger partial charge in [0, 0.05) is 5.70 Å². The van der Waals surface area contributed by atoms with E-state index in [-0.39, 0.29) is 0 Å². The Morgan fingerprint density at radius 3 is 2.62 bits per heavy atom. The average Bonchev–Trinajstić information content (AvgIpc) is 2.12. The van der Waals surface area contributed by atoms with E-state index in [0.717, 1.165) is 6.08 Å². The van der Waals surface area contributed by atoms with Gasteiger partial charge in [-0.05, 0) is 18.4 Å². The molecule has 74 valence electrons. The van der Waals surface area contributed by atoms with Gasteiger partial charge < -0.3 is 5.73 Å². The van der Waals surface area contributed by atoms with Gasteiger partial charge in [0.2, 0.25) is 0 Å². The molecule has 4 heteroatoms. The summed E-state index contributed by atoms with van der Waals surface area (Å²) >= 11 is 0. The van der Waals surface area contributed by atoms with Crippen LogP contribution in [0.15, 0.2) is 23.9 Å². The molecular formula is C9H12F3N. The van der Waals surface area contributed by atoms with Gasteiger partial charge in [-0.1, -0.05) is 19.1 Å². The van der Waals surface area contributed by atoms with E-state index in [1.807, 2.05) is 0 Å². The SMILES string of the molecule is CC1CC=C(N)C=CC1C(F)(F)F. The van der Waals surface area contributed by atoms with Crippen molar-refractivity contribution in [3.05, 3.63) is 23.9 Å². The lowest BCUT2D eigenvalue weighted by atomic mass is 9.91. The molecule has 2 unspecified atom stereocenters.